The molecule has 0 aromatic heterocycles. The molecule has 1 amide bonds. The fourth-order valence-electron chi connectivity index (χ4n) is 4.16. The van der Waals surface area contributed by atoms with E-state index in [1.54, 1.807) is 7.11 Å². The molecular weight excluding hydrogens is 373 g/mol. The number of halogens is 3. The maximum Gasteiger partial charge on any atom is 0.425 e. The van der Waals surface area contributed by atoms with E-state index >= 15 is 0 Å². The van der Waals surface area contributed by atoms with Gasteiger partial charge in [0, 0.05) is 25.2 Å². The van der Waals surface area contributed by atoms with Crippen molar-refractivity contribution in [2.45, 2.75) is 57.0 Å². The van der Waals surface area contributed by atoms with Crippen LogP contribution in [0.5, 0.6) is 5.75 Å². The Morgan fingerprint density at radius 1 is 1.14 bits per heavy atom. The minimum atomic E-state index is -4.53. The molecule has 0 radical (unpaired) electrons. The first-order valence-electron chi connectivity index (χ1n) is 9.64. The summed E-state index contributed by atoms with van der Waals surface area (Å²) in [6.07, 6.45) is -3.87. The van der Waals surface area contributed by atoms with E-state index in [2.05, 4.69) is 21.8 Å². The number of methoxy groups -OCH3 is 1. The topological polar surface area (TPSA) is 42.0 Å². The van der Waals surface area contributed by atoms with Gasteiger partial charge in [0.25, 0.3) is 0 Å². The molecule has 2 aliphatic heterocycles. The third kappa shape index (κ3) is 4.54. The van der Waals surface area contributed by atoms with Gasteiger partial charge in [0.2, 0.25) is 0 Å². The van der Waals surface area contributed by atoms with Gasteiger partial charge in [-0.25, -0.2) is 4.79 Å². The SMILES string of the molecule is COc1ccc(CN2CCCC23CCN(C(=O)OC(C)C(F)(F)F)CC3)cc1. The molecule has 1 atom stereocenters. The van der Waals surface area contributed by atoms with Gasteiger partial charge < -0.3 is 14.4 Å². The molecule has 0 N–H and O–H groups in total. The molecule has 2 heterocycles. The number of hydrogen-bond donors (Lipinski definition) is 0. The molecule has 2 saturated heterocycles. The van der Waals surface area contributed by atoms with E-state index in [0.717, 1.165) is 51.4 Å². The highest BCUT2D eigenvalue weighted by Crippen LogP contribution is 2.39. The third-order valence-corrected chi connectivity index (χ3v) is 5.96. The van der Waals surface area contributed by atoms with E-state index in [1.165, 1.54) is 10.5 Å². The molecule has 1 aromatic rings. The summed E-state index contributed by atoms with van der Waals surface area (Å²) in [5, 5.41) is 0. The van der Waals surface area contributed by atoms with E-state index in [0.29, 0.717) is 13.1 Å². The van der Waals surface area contributed by atoms with Crippen LogP contribution in [0.4, 0.5) is 18.0 Å². The van der Waals surface area contributed by atoms with Gasteiger partial charge in [-0.15, -0.1) is 0 Å². The highest BCUT2D eigenvalue weighted by Gasteiger charge is 2.45. The van der Waals surface area contributed by atoms with Crippen LogP contribution in [-0.2, 0) is 11.3 Å². The Kier molecular flexibility index (Phi) is 6.07. The van der Waals surface area contributed by atoms with Crippen molar-refractivity contribution in [3.63, 3.8) is 0 Å². The van der Waals surface area contributed by atoms with Crippen LogP contribution >= 0.6 is 0 Å². The summed E-state index contributed by atoms with van der Waals surface area (Å²) in [7, 11) is 1.64. The Balaban J connectivity index is 1.57. The molecule has 2 aliphatic rings. The summed E-state index contributed by atoms with van der Waals surface area (Å²) in [6.45, 7) is 3.50. The molecule has 1 unspecified atom stereocenters. The lowest BCUT2D eigenvalue weighted by atomic mass is 9.85. The molecule has 0 bridgehead atoms. The third-order valence-electron chi connectivity index (χ3n) is 5.96. The number of amides is 1. The molecule has 2 fully saturated rings. The Labute approximate surface area is 163 Å². The van der Waals surface area contributed by atoms with Crippen molar-refractivity contribution < 1.29 is 27.4 Å². The minimum Gasteiger partial charge on any atom is -0.497 e. The molecule has 8 heteroatoms. The van der Waals surface area contributed by atoms with Crippen LogP contribution in [0, 0.1) is 0 Å². The lowest BCUT2D eigenvalue weighted by Gasteiger charge is -2.45. The average molecular weight is 400 g/mol. The van der Waals surface area contributed by atoms with Crippen molar-refractivity contribution in [2.24, 2.45) is 0 Å². The summed E-state index contributed by atoms with van der Waals surface area (Å²) >= 11 is 0. The van der Waals surface area contributed by atoms with E-state index in [-0.39, 0.29) is 5.54 Å². The molecule has 3 rings (SSSR count). The quantitative estimate of drug-likeness (QED) is 0.759. The Hall–Kier alpha value is -1.96. The van der Waals surface area contributed by atoms with Crippen molar-refractivity contribution in [1.82, 2.24) is 9.80 Å². The Morgan fingerprint density at radius 2 is 1.79 bits per heavy atom. The summed E-state index contributed by atoms with van der Waals surface area (Å²) < 4.78 is 47.6. The molecule has 0 aliphatic carbocycles. The van der Waals surface area contributed by atoms with Crippen LogP contribution in [0.2, 0.25) is 0 Å². The number of benzene rings is 1. The number of carbonyl (C=O) groups is 1. The fraction of sp³-hybridized carbons (Fsp3) is 0.650. The maximum atomic E-state index is 12.6. The monoisotopic (exact) mass is 400 g/mol. The van der Waals surface area contributed by atoms with E-state index in [1.807, 2.05) is 12.1 Å². The first-order valence-corrected chi connectivity index (χ1v) is 9.64. The van der Waals surface area contributed by atoms with Crippen molar-refractivity contribution in [1.29, 1.82) is 0 Å². The second kappa shape index (κ2) is 8.19. The van der Waals surface area contributed by atoms with E-state index in [9.17, 15) is 18.0 Å². The molecule has 156 valence electrons. The summed E-state index contributed by atoms with van der Waals surface area (Å²) in [6, 6.07) is 7.99. The van der Waals surface area contributed by atoms with Gasteiger partial charge in [0.15, 0.2) is 6.10 Å². The van der Waals surface area contributed by atoms with Crippen LogP contribution in [0.15, 0.2) is 24.3 Å². The second-order valence-corrected chi connectivity index (χ2v) is 7.65. The van der Waals surface area contributed by atoms with Crippen LogP contribution < -0.4 is 4.74 Å². The van der Waals surface area contributed by atoms with Gasteiger partial charge in [-0.05, 0) is 56.8 Å². The zero-order valence-corrected chi connectivity index (χ0v) is 16.3. The molecule has 5 nitrogen and oxygen atoms in total. The highest BCUT2D eigenvalue weighted by molar-refractivity contribution is 5.68. The number of carbonyl (C=O) groups excluding carboxylic acids is 1. The van der Waals surface area contributed by atoms with Crippen molar-refractivity contribution in [3.8, 4) is 5.75 Å². The van der Waals surface area contributed by atoms with Gasteiger partial charge in [-0.3, -0.25) is 4.90 Å². The fourth-order valence-corrected chi connectivity index (χ4v) is 4.16. The molecule has 1 spiro atoms. The number of hydrogen-bond acceptors (Lipinski definition) is 4. The molecular formula is C20H27F3N2O3. The van der Waals surface area contributed by atoms with Crippen LogP contribution in [0.25, 0.3) is 0 Å². The molecule has 1 aromatic carbocycles. The van der Waals surface area contributed by atoms with Gasteiger partial charge in [0.1, 0.15) is 5.75 Å². The second-order valence-electron chi connectivity index (χ2n) is 7.65. The normalized spacial score (nSPS) is 21.0. The first-order chi connectivity index (χ1) is 13.2. The number of ether oxygens (including phenoxy) is 2. The number of likely N-dealkylation sites (tertiary alicyclic amines) is 2. The predicted octanol–water partition coefficient (Wildman–Crippen LogP) is 4.21. The van der Waals surface area contributed by atoms with Gasteiger partial charge >= 0.3 is 12.3 Å². The van der Waals surface area contributed by atoms with Crippen molar-refractivity contribution in [3.05, 3.63) is 29.8 Å². The Morgan fingerprint density at radius 3 is 2.36 bits per heavy atom. The minimum absolute atomic E-state index is 0.00630. The van der Waals surface area contributed by atoms with Gasteiger partial charge in [-0.2, -0.15) is 13.2 Å². The number of nitrogens with zero attached hydrogens (tertiary/aromatic N) is 2. The lowest BCUT2D eigenvalue weighted by Crippen LogP contribution is -2.53. The summed E-state index contributed by atoms with van der Waals surface area (Å²) in [4.78, 5) is 15.9. The Bertz CT molecular complexity index is 670. The van der Waals surface area contributed by atoms with Crippen molar-refractivity contribution >= 4 is 6.09 Å². The highest BCUT2D eigenvalue weighted by atomic mass is 19.4. The maximum absolute atomic E-state index is 12.6. The first kappa shape index (κ1) is 20.8. The summed E-state index contributed by atoms with van der Waals surface area (Å²) in [5.74, 6) is 0.819. The number of piperidine rings is 1. The molecule has 0 saturated carbocycles. The smallest absolute Gasteiger partial charge is 0.425 e. The lowest BCUT2D eigenvalue weighted by molar-refractivity contribution is -0.200. The van der Waals surface area contributed by atoms with Gasteiger partial charge in [-0.1, -0.05) is 12.1 Å². The number of rotatable bonds is 4. The number of alkyl halides is 3. The average Bonchev–Trinajstić information content (AvgIpc) is 3.03. The van der Waals surface area contributed by atoms with Crippen LogP contribution in [0.3, 0.4) is 0 Å². The zero-order valence-electron chi connectivity index (χ0n) is 16.3. The predicted molar refractivity (Wildman–Crippen MR) is 98.2 cm³/mol. The van der Waals surface area contributed by atoms with E-state index < -0.39 is 18.4 Å². The zero-order chi connectivity index (χ0) is 20.4. The van der Waals surface area contributed by atoms with Gasteiger partial charge in [0.05, 0.1) is 7.11 Å². The standard InChI is InChI=1S/C20H27F3N2O3/c1-15(20(21,22)23)28-18(26)24-12-9-19(10-13-24)8-3-11-25(19)14-16-4-6-17(27-2)7-5-16/h4-7,15H,3,8-14H2,1-2H3. The van der Waals surface area contributed by atoms with E-state index in [4.69, 9.17) is 4.74 Å². The van der Waals surface area contributed by atoms with Crippen LogP contribution in [-0.4, -0.2) is 60.5 Å². The van der Waals surface area contributed by atoms with Crippen LogP contribution in [0.1, 0.15) is 38.2 Å². The summed E-state index contributed by atoms with van der Waals surface area (Å²) in [5.41, 5.74) is 1.20. The van der Waals surface area contributed by atoms with Crippen molar-refractivity contribution in [2.75, 3.05) is 26.7 Å². The molecule has 28 heavy (non-hydrogen) atoms. The largest absolute Gasteiger partial charge is 0.497 e.